The summed E-state index contributed by atoms with van der Waals surface area (Å²) in [6.45, 7) is 1.73. The maximum absolute atomic E-state index is 8.28. The highest BCUT2D eigenvalue weighted by Crippen LogP contribution is 2.36. The lowest BCUT2D eigenvalue weighted by atomic mass is 10.1. The van der Waals surface area contributed by atoms with E-state index in [4.69, 9.17) is 19.3 Å². The lowest BCUT2D eigenvalue weighted by molar-refractivity contribution is 0.304. The number of anilines is 1. The molecular formula is C32H33N5O3. The Morgan fingerprint density at radius 3 is 2.55 bits per heavy atom. The highest BCUT2D eigenvalue weighted by Gasteiger charge is 2.13. The maximum atomic E-state index is 8.28. The summed E-state index contributed by atoms with van der Waals surface area (Å²) in [6.07, 6.45) is 11.9. The summed E-state index contributed by atoms with van der Waals surface area (Å²) in [5.41, 5.74) is 3.09. The molecule has 0 spiro atoms. The van der Waals surface area contributed by atoms with Crippen LogP contribution in [-0.4, -0.2) is 34.1 Å². The number of amidine groups is 1. The lowest BCUT2D eigenvalue weighted by Gasteiger charge is -2.11. The minimum Gasteiger partial charge on any atom is -0.496 e. The first-order valence-corrected chi connectivity index (χ1v) is 13.4. The lowest BCUT2D eigenvalue weighted by Crippen LogP contribution is -2.13. The van der Waals surface area contributed by atoms with E-state index in [1.54, 1.807) is 19.4 Å². The molecule has 0 fully saturated rings. The van der Waals surface area contributed by atoms with Gasteiger partial charge < -0.3 is 23.8 Å². The minimum atomic E-state index is 0.213. The second-order valence-electron chi connectivity index (χ2n) is 9.38. The van der Waals surface area contributed by atoms with Gasteiger partial charge in [0.05, 0.1) is 25.6 Å². The molecule has 0 aliphatic rings. The van der Waals surface area contributed by atoms with Gasteiger partial charge in [-0.3, -0.25) is 10.4 Å². The Morgan fingerprint density at radius 2 is 1.77 bits per heavy atom. The number of hydrogen-bond donors (Lipinski definition) is 2. The van der Waals surface area contributed by atoms with E-state index < -0.39 is 0 Å². The van der Waals surface area contributed by atoms with Gasteiger partial charge >= 0.3 is 0 Å². The maximum Gasteiger partial charge on any atom is 0.148 e. The Morgan fingerprint density at radius 1 is 0.925 bits per heavy atom. The van der Waals surface area contributed by atoms with Crippen molar-refractivity contribution in [3.05, 3.63) is 103 Å². The molecule has 3 aromatic heterocycles. The molecule has 5 rings (SSSR count). The van der Waals surface area contributed by atoms with E-state index in [0.29, 0.717) is 23.8 Å². The summed E-state index contributed by atoms with van der Waals surface area (Å²) in [6, 6.07) is 23.0. The molecule has 40 heavy (non-hydrogen) atoms. The molecule has 3 heterocycles. The van der Waals surface area contributed by atoms with Crippen LogP contribution < -0.4 is 14.8 Å². The zero-order chi connectivity index (χ0) is 27.6. The number of aromatic nitrogens is 3. The first kappa shape index (κ1) is 26.7. The van der Waals surface area contributed by atoms with Crippen molar-refractivity contribution in [1.29, 1.82) is 5.41 Å². The van der Waals surface area contributed by atoms with Gasteiger partial charge in [0.2, 0.25) is 0 Å². The SMILES string of the molecule is COc1cc(NC(=N)c2ccccn2)ccc1-c1ccc(-c2ccc(OCCCCCCn3ccnc3)cc2)o1. The van der Waals surface area contributed by atoms with Gasteiger partial charge in [0, 0.05) is 42.5 Å². The Bertz CT molecular complexity index is 1500. The molecule has 0 amide bonds. The highest BCUT2D eigenvalue weighted by atomic mass is 16.5. The average molecular weight is 536 g/mol. The standard InChI is InChI=1S/C32H33N5O3/c1-38-31-22-25(36-32(33)28-8-4-5-17-35-28)11-14-27(31)30-16-15-29(40-30)24-9-12-26(13-10-24)39-21-7-3-2-6-19-37-20-18-34-23-37/h4-5,8-18,20,22-23H,2-3,6-7,19,21H2,1H3,(H2,33,36). The summed E-state index contributed by atoms with van der Waals surface area (Å²) in [7, 11) is 1.62. The van der Waals surface area contributed by atoms with Gasteiger partial charge in [-0.15, -0.1) is 0 Å². The molecule has 0 saturated carbocycles. The number of rotatable bonds is 13. The van der Waals surface area contributed by atoms with Crippen molar-refractivity contribution in [3.8, 4) is 34.1 Å². The summed E-state index contributed by atoms with van der Waals surface area (Å²) in [5, 5.41) is 11.4. The van der Waals surface area contributed by atoms with E-state index in [-0.39, 0.29) is 5.84 Å². The van der Waals surface area contributed by atoms with Gasteiger partial charge in [0.25, 0.3) is 0 Å². The molecule has 0 radical (unpaired) electrons. The number of furan rings is 1. The first-order chi connectivity index (χ1) is 19.7. The molecule has 0 aliphatic heterocycles. The number of benzene rings is 2. The molecule has 0 aliphatic carbocycles. The fraction of sp³-hybridized carbons (Fsp3) is 0.219. The van der Waals surface area contributed by atoms with Gasteiger partial charge in [-0.25, -0.2) is 4.98 Å². The molecule has 204 valence electrons. The number of unbranched alkanes of at least 4 members (excludes halogenated alkanes) is 3. The van der Waals surface area contributed by atoms with Crippen LogP contribution in [0, 0.1) is 5.41 Å². The first-order valence-electron chi connectivity index (χ1n) is 13.4. The van der Waals surface area contributed by atoms with Crippen molar-refractivity contribution in [3.63, 3.8) is 0 Å². The monoisotopic (exact) mass is 535 g/mol. The molecular weight excluding hydrogens is 502 g/mol. The predicted molar refractivity (Wildman–Crippen MR) is 157 cm³/mol. The summed E-state index contributed by atoms with van der Waals surface area (Å²) >= 11 is 0. The van der Waals surface area contributed by atoms with Crippen LogP contribution >= 0.6 is 0 Å². The number of hydrogen-bond acceptors (Lipinski definition) is 6. The summed E-state index contributed by atoms with van der Waals surface area (Å²) < 4.78 is 19.9. The molecule has 8 heteroatoms. The second kappa shape index (κ2) is 13.3. The van der Waals surface area contributed by atoms with Gasteiger partial charge in [-0.1, -0.05) is 18.9 Å². The van der Waals surface area contributed by atoms with Crippen LogP contribution in [0.25, 0.3) is 22.6 Å². The van der Waals surface area contributed by atoms with Gasteiger partial charge in [-0.2, -0.15) is 0 Å². The number of methoxy groups -OCH3 is 1. The topological polar surface area (TPSA) is 98.2 Å². The van der Waals surface area contributed by atoms with Crippen LogP contribution in [0.15, 0.2) is 102 Å². The van der Waals surface area contributed by atoms with E-state index in [1.807, 2.05) is 85.5 Å². The molecule has 2 aromatic carbocycles. The molecule has 0 unspecified atom stereocenters. The van der Waals surface area contributed by atoms with Crippen LogP contribution in [-0.2, 0) is 6.54 Å². The number of aryl methyl sites for hydroxylation is 1. The van der Waals surface area contributed by atoms with Crippen molar-refractivity contribution >= 4 is 11.5 Å². The van der Waals surface area contributed by atoms with Crippen LogP contribution in [0.5, 0.6) is 11.5 Å². The molecule has 2 N–H and O–H groups in total. The Kier molecular flexibility index (Phi) is 8.88. The average Bonchev–Trinajstić information content (AvgIpc) is 3.70. The molecule has 0 atom stereocenters. The Balaban J connectivity index is 1.13. The second-order valence-corrected chi connectivity index (χ2v) is 9.38. The number of nitrogens with one attached hydrogen (secondary N) is 2. The van der Waals surface area contributed by atoms with Crippen molar-refractivity contribution in [2.24, 2.45) is 0 Å². The van der Waals surface area contributed by atoms with Crippen LogP contribution in [0.3, 0.4) is 0 Å². The molecule has 8 nitrogen and oxygen atoms in total. The van der Waals surface area contributed by atoms with E-state index in [9.17, 15) is 0 Å². The fourth-order valence-electron chi connectivity index (χ4n) is 4.40. The third kappa shape index (κ3) is 6.96. The highest BCUT2D eigenvalue weighted by molar-refractivity contribution is 6.05. The molecule has 0 saturated heterocycles. The molecule has 0 bridgehead atoms. The number of nitrogens with zero attached hydrogens (tertiary/aromatic N) is 3. The smallest absolute Gasteiger partial charge is 0.148 e. The quantitative estimate of drug-likeness (QED) is 0.0933. The zero-order valence-electron chi connectivity index (χ0n) is 22.5. The number of pyridine rings is 1. The number of imidazole rings is 1. The fourth-order valence-corrected chi connectivity index (χ4v) is 4.40. The largest absolute Gasteiger partial charge is 0.496 e. The third-order valence-electron chi connectivity index (χ3n) is 6.54. The van der Waals surface area contributed by atoms with Crippen molar-refractivity contribution in [2.45, 2.75) is 32.2 Å². The van der Waals surface area contributed by atoms with Crippen molar-refractivity contribution in [2.75, 3.05) is 19.0 Å². The van der Waals surface area contributed by atoms with Crippen LogP contribution in [0.2, 0.25) is 0 Å². The Hall–Kier alpha value is -4.85. The van der Waals surface area contributed by atoms with Crippen LogP contribution in [0.4, 0.5) is 5.69 Å². The summed E-state index contributed by atoms with van der Waals surface area (Å²) in [4.78, 5) is 8.28. The van der Waals surface area contributed by atoms with Crippen LogP contribution in [0.1, 0.15) is 31.4 Å². The van der Waals surface area contributed by atoms with E-state index in [2.05, 4.69) is 19.9 Å². The Labute approximate surface area is 234 Å². The van der Waals surface area contributed by atoms with Crippen molar-refractivity contribution < 1.29 is 13.9 Å². The minimum absolute atomic E-state index is 0.213. The van der Waals surface area contributed by atoms with Crippen molar-refractivity contribution in [1.82, 2.24) is 14.5 Å². The van der Waals surface area contributed by atoms with Gasteiger partial charge in [-0.05, 0) is 73.5 Å². The van der Waals surface area contributed by atoms with E-state index in [1.165, 1.54) is 6.42 Å². The summed E-state index contributed by atoms with van der Waals surface area (Å²) in [5.74, 6) is 3.18. The predicted octanol–water partition coefficient (Wildman–Crippen LogP) is 7.29. The molecule has 5 aromatic rings. The van der Waals surface area contributed by atoms with Gasteiger partial charge in [0.1, 0.15) is 34.5 Å². The van der Waals surface area contributed by atoms with E-state index >= 15 is 0 Å². The zero-order valence-corrected chi connectivity index (χ0v) is 22.5. The third-order valence-corrected chi connectivity index (χ3v) is 6.54. The number of ether oxygens (including phenoxy) is 2. The van der Waals surface area contributed by atoms with E-state index in [0.717, 1.165) is 54.1 Å². The van der Waals surface area contributed by atoms with Gasteiger partial charge in [0.15, 0.2) is 0 Å². The normalized spacial score (nSPS) is 10.8.